The van der Waals surface area contributed by atoms with E-state index in [9.17, 15) is 9.18 Å². The molecule has 1 amide bonds. The Balaban J connectivity index is 1.94. The number of aromatic nitrogens is 2. The smallest absolute Gasteiger partial charge is 0.227 e. The molecule has 0 bridgehead atoms. The van der Waals surface area contributed by atoms with E-state index >= 15 is 0 Å². The van der Waals surface area contributed by atoms with Gasteiger partial charge in [0.2, 0.25) is 17.6 Å². The molecule has 124 valence electrons. The monoisotopic (exact) mass is 320 g/mol. The van der Waals surface area contributed by atoms with Crippen LogP contribution in [-0.4, -0.2) is 48.1 Å². The topological polar surface area (TPSA) is 71.3 Å². The van der Waals surface area contributed by atoms with E-state index in [0.29, 0.717) is 42.2 Å². The molecule has 0 fully saturated rings. The number of carbonyl (C=O) groups excluding carboxylic acids is 1. The molecule has 1 aromatic heterocycles. The van der Waals surface area contributed by atoms with Crippen LogP contribution in [0.2, 0.25) is 0 Å². The lowest BCUT2D eigenvalue weighted by molar-refractivity contribution is -0.129. The fourth-order valence-corrected chi connectivity index (χ4v) is 2.01. The highest BCUT2D eigenvalue weighted by atomic mass is 19.1. The van der Waals surface area contributed by atoms with E-state index in [1.165, 1.54) is 6.07 Å². The zero-order valence-electron chi connectivity index (χ0n) is 13.6. The van der Waals surface area contributed by atoms with Crippen molar-refractivity contribution in [1.29, 1.82) is 0 Å². The van der Waals surface area contributed by atoms with Gasteiger partial charge in [-0.25, -0.2) is 4.39 Å². The van der Waals surface area contributed by atoms with Crippen molar-refractivity contribution >= 4 is 5.91 Å². The molecule has 23 heavy (non-hydrogen) atoms. The van der Waals surface area contributed by atoms with E-state index in [-0.39, 0.29) is 11.7 Å². The molecule has 0 atom stereocenters. The first-order chi connectivity index (χ1) is 11.0. The van der Waals surface area contributed by atoms with Gasteiger partial charge in [0.15, 0.2) is 0 Å². The fraction of sp³-hybridized carbons (Fsp3) is 0.438. The lowest BCUT2D eigenvalue weighted by Crippen LogP contribution is -2.32. The molecule has 0 aliphatic carbocycles. The third-order valence-corrected chi connectivity index (χ3v) is 3.57. The molecule has 1 aromatic carbocycles. The Kier molecular flexibility index (Phi) is 5.81. The van der Waals surface area contributed by atoms with E-state index in [4.69, 9.17) is 4.52 Å². The van der Waals surface area contributed by atoms with Crippen molar-refractivity contribution in [3.05, 3.63) is 35.5 Å². The van der Waals surface area contributed by atoms with Crippen LogP contribution >= 0.6 is 0 Å². The summed E-state index contributed by atoms with van der Waals surface area (Å²) in [6, 6.07) is 4.78. The highest BCUT2D eigenvalue weighted by Gasteiger charge is 2.13. The van der Waals surface area contributed by atoms with Crippen molar-refractivity contribution in [2.45, 2.75) is 19.8 Å². The molecule has 0 unspecified atom stereocenters. The first kappa shape index (κ1) is 17.1. The van der Waals surface area contributed by atoms with E-state index in [1.807, 2.05) is 7.05 Å². The van der Waals surface area contributed by atoms with Gasteiger partial charge in [0.25, 0.3) is 0 Å². The number of amides is 1. The van der Waals surface area contributed by atoms with Crippen LogP contribution in [0.1, 0.15) is 17.9 Å². The summed E-state index contributed by atoms with van der Waals surface area (Å²) < 4.78 is 18.7. The van der Waals surface area contributed by atoms with Crippen molar-refractivity contribution in [3.63, 3.8) is 0 Å². The maximum atomic E-state index is 13.6. The van der Waals surface area contributed by atoms with Crippen LogP contribution < -0.4 is 5.32 Å². The van der Waals surface area contributed by atoms with E-state index in [0.717, 1.165) is 6.54 Å². The standard InChI is InChI=1S/C16H21FN4O2/c1-11-4-5-12(10-13(11)17)16-19-14(23-20-16)6-7-15(22)21(3)9-8-18-2/h4-5,10,18H,6-9H2,1-3H3. The van der Waals surface area contributed by atoms with Crippen LogP contribution in [-0.2, 0) is 11.2 Å². The van der Waals surface area contributed by atoms with Crippen LogP contribution in [0.25, 0.3) is 11.4 Å². The van der Waals surface area contributed by atoms with Gasteiger partial charge in [0.1, 0.15) is 5.82 Å². The molecule has 2 aromatic rings. The summed E-state index contributed by atoms with van der Waals surface area (Å²) in [7, 11) is 3.60. The highest BCUT2D eigenvalue weighted by Crippen LogP contribution is 2.19. The number of carbonyl (C=O) groups is 1. The van der Waals surface area contributed by atoms with Crippen molar-refractivity contribution in [1.82, 2.24) is 20.4 Å². The molecule has 7 heteroatoms. The van der Waals surface area contributed by atoms with Crippen LogP contribution in [0.4, 0.5) is 4.39 Å². The lowest BCUT2D eigenvalue weighted by Gasteiger charge is -2.16. The number of benzene rings is 1. The van der Waals surface area contributed by atoms with Crippen molar-refractivity contribution < 1.29 is 13.7 Å². The molecule has 6 nitrogen and oxygen atoms in total. The Bertz CT molecular complexity index is 672. The van der Waals surface area contributed by atoms with Crippen LogP contribution in [0.3, 0.4) is 0 Å². The second-order valence-electron chi connectivity index (χ2n) is 5.39. The van der Waals surface area contributed by atoms with Gasteiger partial charge in [-0.2, -0.15) is 4.98 Å². The van der Waals surface area contributed by atoms with Gasteiger partial charge in [0, 0.05) is 38.5 Å². The van der Waals surface area contributed by atoms with Crippen LogP contribution in [0.15, 0.2) is 22.7 Å². The maximum absolute atomic E-state index is 13.6. The quantitative estimate of drug-likeness (QED) is 0.842. The van der Waals surface area contributed by atoms with E-state index in [2.05, 4.69) is 15.5 Å². The molecule has 2 rings (SSSR count). The molecular weight excluding hydrogens is 299 g/mol. The zero-order valence-corrected chi connectivity index (χ0v) is 13.6. The number of likely N-dealkylation sites (N-methyl/N-ethyl adjacent to an activating group) is 2. The molecule has 0 saturated carbocycles. The summed E-state index contributed by atoms with van der Waals surface area (Å²) in [5.41, 5.74) is 1.12. The lowest BCUT2D eigenvalue weighted by atomic mass is 10.1. The first-order valence-corrected chi connectivity index (χ1v) is 7.49. The van der Waals surface area contributed by atoms with Crippen molar-refractivity contribution in [3.8, 4) is 11.4 Å². The zero-order chi connectivity index (χ0) is 16.8. The van der Waals surface area contributed by atoms with E-state index in [1.54, 1.807) is 31.0 Å². The number of hydrogen-bond donors (Lipinski definition) is 1. The summed E-state index contributed by atoms with van der Waals surface area (Å²) in [6.07, 6.45) is 0.661. The normalized spacial score (nSPS) is 10.8. The Labute approximate surface area is 134 Å². The molecule has 0 saturated heterocycles. The number of hydrogen-bond acceptors (Lipinski definition) is 5. The second-order valence-corrected chi connectivity index (χ2v) is 5.39. The molecular formula is C16H21FN4O2. The summed E-state index contributed by atoms with van der Waals surface area (Å²) in [5.74, 6) is 0.405. The number of nitrogens with one attached hydrogen (secondary N) is 1. The molecule has 1 N–H and O–H groups in total. The third kappa shape index (κ3) is 4.59. The number of halogens is 1. The summed E-state index contributed by atoms with van der Waals surface area (Å²) in [5, 5.41) is 6.83. The van der Waals surface area contributed by atoms with Gasteiger partial charge in [-0.05, 0) is 25.6 Å². The predicted octanol–water partition coefficient (Wildman–Crippen LogP) is 1.79. The summed E-state index contributed by atoms with van der Waals surface area (Å²) in [4.78, 5) is 17.8. The maximum Gasteiger partial charge on any atom is 0.227 e. The van der Waals surface area contributed by atoms with Crippen LogP contribution in [0.5, 0.6) is 0 Å². The number of nitrogens with zero attached hydrogens (tertiary/aromatic N) is 3. The average molecular weight is 320 g/mol. The van der Waals surface area contributed by atoms with Gasteiger partial charge < -0.3 is 14.7 Å². The predicted molar refractivity (Wildman–Crippen MR) is 84.3 cm³/mol. The van der Waals surface area contributed by atoms with Gasteiger partial charge in [-0.15, -0.1) is 0 Å². The fourth-order valence-electron chi connectivity index (χ4n) is 2.01. The Hall–Kier alpha value is -2.28. The molecule has 0 aliphatic rings. The Morgan fingerprint density at radius 2 is 2.22 bits per heavy atom. The average Bonchev–Trinajstić information content (AvgIpc) is 3.01. The van der Waals surface area contributed by atoms with Crippen LogP contribution in [0, 0.1) is 12.7 Å². The summed E-state index contributed by atoms with van der Waals surface area (Å²) >= 11 is 0. The minimum atomic E-state index is -0.310. The highest BCUT2D eigenvalue weighted by molar-refractivity contribution is 5.76. The van der Waals surface area contributed by atoms with E-state index < -0.39 is 0 Å². The number of rotatable bonds is 7. The van der Waals surface area contributed by atoms with Gasteiger partial charge in [0.05, 0.1) is 0 Å². The third-order valence-electron chi connectivity index (χ3n) is 3.57. The van der Waals surface area contributed by atoms with Gasteiger partial charge in [-0.3, -0.25) is 4.79 Å². The van der Waals surface area contributed by atoms with Crippen molar-refractivity contribution in [2.24, 2.45) is 0 Å². The van der Waals surface area contributed by atoms with Gasteiger partial charge in [-0.1, -0.05) is 17.3 Å². The van der Waals surface area contributed by atoms with Crippen molar-refractivity contribution in [2.75, 3.05) is 27.2 Å². The molecule has 0 aliphatic heterocycles. The molecule has 0 spiro atoms. The number of aryl methyl sites for hydroxylation is 2. The largest absolute Gasteiger partial charge is 0.344 e. The summed E-state index contributed by atoms with van der Waals surface area (Å²) in [6.45, 7) is 3.08. The molecule has 0 radical (unpaired) electrons. The minimum Gasteiger partial charge on any atom is -0.344 e. The Morgan fingerprint density at radius 1 is 1.43 bits per heavy atom. The van der Waals surface area contributed by atoms with Gasteiger partial charge >= 0.3 is 0 Å². The Morgan fingerprint density at radius 3 is 2.91 bits per heavy atom. The SMILES string of the molecule is CNCCN(C)C(=O)CCc1nc(-c2ccc(C)c(F)c2)no1. The second kappa shape index (κ2) is 7.82. The minimum absolute atomic E-state index is 0.0152. The first-order valence-electron chi connectivity index (χ1n) is 7.49. The molecule has 1 heterocycles.